The van der Waals surface area contributed by atoms with Crippen molar-refractivity contribution in [1.82, 2.24) is 9.97 Å². The molecule has 0 fully saturated rings. The maximum atomic E-state index is 4.46. The molecule has 0 aliphatic rings. The Labute approximate surface area is 115 Å². The van der Waals surface area contributed by atoms with E-state index in [9.17, 15) is 0 Å². The average molecular weight is 254 g/mol. The van der Waals surface area contributed by atoms with E-state index in [1.165, 1.54) is 11.1 Å². The first kappa shape index (κ1) is 13.7. The summed E-state index contributed by atoms with van der Waals surface area (Å²) < 4.78 is 0. The van der Waals surface area contributed by atoms with Crippen LogP contribution in [0.4, 0.5) is 0 Å². The smallest absolute Gasteiger partial charge is 0.0889 e. The van der Waals surface area contributed by atoms with Gasteiger partial charge in [-0.2, -0.15) is 0 Å². The normalized spacial score (nSPS) is 12.7. The zero-order valence-electron chi connectivity index (χ0n) is 12.2. The van der Waals surface area contributed by atoms with E-state index < -0.39 is 0 Å². The molecule has 0 radical (unpaired) electrons. The molecule has 19 heavy (non-hydrogen) atoms. The van der Waals surface area contributed by atoms with Crippen LogP contribution in [0, 0.1) is 0 Å². The monoisotopic (exact) mass is 254 g/mol. The molecule has 0 amide bonds. The van der Waals surface area contributed by atoms with Gasteiger partial charge in [0.1, 0.15) is 0 Å². The van der Waals surface area contributed by atoms with Crippen LogP contribution in [-0.2, 0) is 0 Å². The minimum atomic E-state index is 0.513. The Kier molecular flexibility index (Phi) is 4.31. The Morgan fingerprint density at radius 2 is 1.42 bits per heavy atom. The summed E-state index contributed by atoms with van der Waals surface area (Å²) in [6.45, 7) is 8.85. The van der Waals surface area contributed by atoms with Crippen molar-refractivity contribution in [2.24, 2.45) is 0 Å². The highest BCUT2D eigenvalue weighted by Crippen LogP contribution is 2.24. The summed E-state index contributed by atoms with van der Waals surface area (Å²) in [6.07, 6.45) is 4.91. The molecule has 2 aromatic heterocycles. The minimum Gasteiger partial charge on any atom is -0.255 e. The van der Waals surface area contributed by atoms with Gasteiger partial charge in [0.05, 0.1) is 11.4 Å². The Balaban J connectivity index is 2.39. The van der Waals surface area contributed by atoms with Gasteiger partial charge in [0.2, 0.25) is 0 Å². The molecular weight excluding hydrogens is 232 g/mol. The van der Waals surface area contributed by atoms with E-state index in [1.54, 1.807) is 0 Å². The predicted octanol–water partition coefficient (Wildman–Crippen LogP) is 4.78. The second-order valence-corrected chi connectivity index (χ2v) is 5.41. The van der Waals surface area contributed by atoms with Crippen molar-refractivity contribution in [1.29, 1.82) is 0 Å². The van der Waals surface area contributed by atoms with Gasteiger partial charge in [0.15, 0.2) is 0 Å². The Morgan fingerprint density at radius 1 is 0.895 bits per heavy atom. The van der Waals surface area contributed by atoms with E-state index in [-0.39, 0.29) is 0 Å². The molecule has 1 unspecified atom stereocenters. The molecule has 0 aliphatic heterocycles. The number of rotatable bonds is 4. The van der Waals surface area contributed by atoms with Crippen molar-refractivity contribution >= 4 is 0 Å². The van der Waals surface area contributed by atoms with E-state index in [0.717, 1.165) is 17.8 Å². The lowest BCUT2D eigenvalue weighted by Gasteiger charge is -2.11. The highest BCUT2D eigenvalue weighted by Gasteiger charge is 2.08. The number of hydrogen-bond acceptors (Lipinski definition) is 2. The van der Waals surface area contributed by atoms with Crippen molar-refractivity contribution in [2.45, 2.75) is 46.0 Å². The van der Waals surface area contributed by atoms with Crippen molar-refractivity contribution in [3.05, 3.63) is 47.8 Å². The van der Waals surface area contributed by atoms with Crippen LogP contribution in [0.2, 0.25) is 0 Å². The Bertz CT molecular complexity index is 546. The summed E-state index contributed by atoms with van der Waals surface area (Å²) >= 11 is 0. The molecule has 0 bridgehead atoms. The Hall–Kier alpha value is -1.70. The molecule has 0 spiro atoms. The van der Waals surface area contributed by atoms with Gasteiger partial charge in [0, 0.05) is 12.4 Å². The second-order valence-electron chi connectivity index (χ2n) is 5.41. The SMILES string of the molecule is CCC(C)c1ccnc(-c2cc(C(C)C)ccn2)c1. The van der Waals surface area contributed by atoms with Crippen LogP contribution in [0.5, 0.6) is 0 Å². The first-order valence-corrected chi connectivity index (χ1v) is 7.04. The summed E-state index contributed by atoms with van der Waals surface area (Å²) in [5.74, 6) is 1.08. The fourth-order valence-electron chi connectivity index (χ4n) is 2.08. The van der Waals surface area contributed by atoms with Crippen molar-refractivity contribution in [2.75, 3.05) is 0 Å². The van der Waals surface area contributed by atoms with E-state index in [4.69, 9.17) is 0 Å². The van der Waals surface area contributed by atoms with Crippen LogP contribution in [0.1, 0.15) is 57.1 Å². The summed E-state index contributed by atoms with van der Waals surface area (Å²) in [6, 6.07) is 8.49. The first-order valence-electron chi connectivity index (χ1n) is 7.04. The van der Waals surface area contributed by atoms with E-state index in [1.807, 2.05) is 12.4 Å². The molecule has 2 heterocycles. The molecule has 2 rings (SSSR count). The topological polar surface area (TPSA) is 25.8 Å². The molecular formula is C17H22N2. The predicted molar refractivity (Wildman–Crippen MR) is 80.3 cm³/mol. The standard InChI is InChI=1S/C17H22N2/c1-5-13(4)15-7-9-19-17(11-15)16-10-14(12(2)3)6-8-18-16/h6-13H,5H2,1-4H3. The summed E-state index contributed by atoms with van der Waals surface area (Å²) in [4.78, 5) is 8.92. The van der Waals surface area contributed by atoms with Crippen molar-refractivity contribution < 1.29 is 0 Å². The number of aromatic nitrogens is 2. The van der Waals surface area contributed by atoms with Gasteiger partial charge in [0.25, 0.3) is 0 Å². The van der Waals surface area contributed by atoms with Gasteiger partial charge in [-0.25, -0.2) is 0 Å². The van der Waals surface area contributed by atoms with Gasteiger partial charge in [-0.15, -0.1) is 0 Å². The lowest BCUT2D eigenvalue weighted by molar-refractivity contribution is 0.732. The second kappa shape index (κ2) is 5.96. The maximum absolute atomic E-state index is 4.46. The average Bonchev–Trinajstić information content (AvgIpc) is 2.46. The van der Waals surface area contributed by atoms with E-state index >= 15 is 0 Å². The lowest BCUT2D eigenvalue weighted by atomic mass is 9.98. The number of nitrogens with zero attached hydrogens (tertiary/aromatic N) is 2. The van der Waals surface area contributed by atoms with Gasteiger partial charge in [-0.3, -0.25) is 9.97 Å². The largest absolute Gasteiger partial charge is 0.255 e. The third-order valence-electron chi connectivity index (χ3n) is 3.68. The van der Waals surface area contributed by atoms with Crippen LogP contribution < -0.4 is 0 Å². The van der Waals surface area contributed by atoms with Crippen LogP contribution in [0.3, 0.4) is 0 Å². The number of hydrogen-bond donors (Lipinski definition) is 0. The maximum Gasteiger partial charge on any atom is 0.0889 e. The fourth-order valence-corrected chi connectivity index (χ4v) is 2.08. The minimum absolute atomic E-state index is 0.513. The highest BCUT2D eigenvalue weighted by atomic mass is 14.8. The van der Waals surface area contributed by atoms with Crippen LogP contribution >= 0.6 is 0 Å². The third kappa shape index (κ3) is 3.19. The van der Waals surface area contributed by atoms with Gasteiger partial charge in [-0.05, 0) is 53.6 Å². The molecule has 2 heteroatoms. The van der Waals surface area contributed by atoms with Gasteiger partial charge < -0.3 is 0 Å². The fraction of sp³-hybridized carbons (Fsp3) is 0.412. The van der Waals surface area contributed by atoms with Crippen LogP contribution in [0.25, 0.3) is 11.4 Å². The molecule has 0 saturated heterocycles. The van der Waals surface area contributed by atoms with Crippen LogP contribution in [-0.4, -0.2) is 9.97 Å². The number of pyridine rings is 2. The van der Waals surface area contributed by atoms with Gasteiger partial charge in [-0.1, -0.05) is 27.7 Å². The van der Waals surface area contributed by atoms with E-state index in [0.29, 0.717) is 11.8 Å². The van der Waals surface area contributed by atoms with Crippen molar-refractivity contribution in [3.63, 3.8) is 0 Å². The molecule has 1 atom stereocenters. The summed E-state index contributed by atoms with van der Waals surface area (Å²) in [7, 11) is 0. The zero-order valence-corrected chi connectivity index (χ0v) is 12.2. The van der Waals surface area contributed by atoms with Crippen molar-refractivity contribution in [3.8, 4) is 11.4 Å². The molecule has 0 aliphatic carbocycles. The first-order chi connectivity index (χ1) is 9.11. The zero-order chi connectivity index (χ0) is 13.8. The Morgan fingerprint density at radius 3 is 1.95 bits per heavy atom. The molecule has 2 nitrogen and oxygen atoms in total. The third-order valence-corrected chi connectivity index (χ3v) is 3.68. The lowest BCUT2D eigenvalue weighted by Crippen LogP contribution is -1.96. The molecule has 0 saturated carbocycles. The molecule has 0 N–H and O–H groups in total. The summed E-state index contributed by atoms with van der Waals surface area (Å²) in [5, 5.41) is 0. The molecule has 100 valence electrons. The van der Waals surface area contributed by atoms with Crippen LogP contribution in [0.15, 0.2) is 36.7 Å². The van der Waals surface area contributed by atoms with E-state index in [2.05, 4.69) is 61.9 Å². The molecule has 2 aromatic rings. The summed E-state index contributed by atoms with van der Waals surface area (Å²) in [5.41, 5.74) is 4.58. The highest BCUT2D eigenvalue weighted by molar-refractivity contribution is 5.56. The quantitative estimate of drug-likeness (QED) is 0.784. The van der Waals surface area contributed by atoms with Gasteiger partial charge >= 0.3 is 0 Å². The molecule has 0 aromatic carbocycles.